The van der Waals surface area contributed by atoms with Crippen LogP contribution in [-0.2, 0) is 20.7 Å². The Kier molecular flexibility index (Phi) is 4.28. The maximum absolute atomic E-state index is 13.5. The predicted molar refractivity (Wildman–Crippen MR) is 107 cm³/mol. The van der Waals surface area contributed by atoms with Crippen molar-refractivity contribution in [1.29, 1.82) is 0 Å². The summed E-state index contributed by atoms with van der Waals surface area (Å²) in [6.45, 7) is 2.64. The minimum absolute atomic E-state index is 0.0919. The first-order valence-electron chi connectivity index (χ1n) is 10.1. The average molecular weight is 410 g/mol. The second-order valence-corrected chi connectivity index (χ2v) is 8.37. The summed E-state index contributed by atoms with van der Waals surface area (Å²) in [6, 6.07) is 4.38. The molecule has 7 nitrogen and oxygen atoms in total. The second-order valence-electron chi connectivity index (χ2n) is 8.37. The van der Waals surface area contributed by atoms with Gasteiger partial charge in [-0.1, -0.05) is 12.2 Å². The minimum Gasteiger partial charge on any atom is -0.360 e. The molecular formula is C22H23FN4O3. The lowest BCUT2D eigenvalue weighted by molar-refractivity contribution is -0.139. The molecule has 8 heteroatoms. The van der Waals surface area contributed by atoms with Crippen LogP contribution in [0, 0.1) is 24.6 Å². The number of nitrogens with zero attached hydrogens (tertiary/aromatic N) is 3. The number of likely N-dealkylation sites (N-methyl/N-ethyl adjacent to an activating group) is 1. The number of rotatable bonds is 5. The van der Waals surface area contributed by atoms with Gasteiger partial charge in [-0.15, -0.1) is 0 Å². The monoisotopic (exact) mass is 410 g/mol. The fourth-order valence-electron chi connectivity index (χ4n) is 4.98. The highest BCUT2D eigenvalue weighted by molar-refractivity contribution is 6.03. The van der Waals surface area contributed by atoms with Crippen molar-refractivity contribution in [2.45, 2.75) is 25.0 Å². The highest BCUT2D eigenvalue weighted by Gasteiger charge is 2.67. The number of fused-ring (bicyclic) bond motifs is 1. The molecule has 2 fully saturated rings. The standard InChI is InChI=1S/C22H23FN4O3/c1-13-9-15(23)3-4-16(13)27-12-22-7-5-17(30-22)18(19(22)21(27)29)20(28)26(2)8-6-14-10-24-25-11-14/h3-5,7,9-11,17-19H,6,8,12H2,1-2H3,(H,24,25)/t17-,18-,19+,22-/m0/s1. The number of carbonyl (C=O) groups is 2. The van der Waals surface area contributed by atoms with E-state index in [-0.39, 0.29) is 23.7 Å². The lowest BCUT2D eigenvalue weighted by Gasteiger charge is -2.27. The molecule has 4 heterocycles. The topological polar surface area (TPSA) is 78.5 Å². The van der Waals surface area contributed by atoms with Crippen molar-refractivity contribution in [1.82, 2.24) is 15.1 Å². The van der Waals surface area contributed by atoms with Gasteiger partial charge in [-0.3, -0.25) is 14.7 Å². The molecule has 30 heavy (non-hydrogen) atoms. The van der Waals surface area contributed by atoms with E-state index in [1.807, 2.05) is 12.2 Å². The summed E-state index contributed by atoms with van der Waals surface area (Å²) >= 11 is 0. The number of amides is 2. The van der Waals surface area contributed by atoms with Crippen LogP contribution in [0.1, 0.15) is 11.1 Å². The molecule has 4 atom stereocenters. The first-order valence-corrected chi connectivity index (χ1v) is 10.1. The Morgan fingerprint density at radius 1 is 1.47 bits per heavy atom. The average Bonchev–Trinajstić information content (AvgIpc) is 3.48. The van der Waals surface area contributed by atoms with Gasteiger partial charge in [0.15, 0.2) is 0 Å². The molecular weight excluding hydrogens is 387 g/mol. The van der Waals surface area contributed by atoms with Gasteiger partial charge in [0.25, 0.3) is 0 Å². The summed E-state index contributed by atoms with van der Waals surface area (Å²) in [4.78, 5) is 30.0. The van der Waals surface area contributed by atoms with Crippen molar-refractivity contribution in [2.75, 3.05) is 25.0 Å². The number of anilines is 1. The third-order valence-corrected chi connectivity index (χ3v) is 6.50. The van der Waals surface area contributed by atoms with Crippen LogP contribution in [0.3, 0.4) is 0 Å². The number of aryl methyl sites for hydroxylation is 1. The molecule has 156 valence electrons. The molecule has 2 saturated heterocycles. The smallest absolute Gasteiger partial charge is 0.234 e. The van der Waals surface area contributed by atoms with E-state index < -0.39 is 17.4 Å². The molecule has 2 amide bonds. The van der Waals surface area contributed by atoms with Gasteiger partial charge in [0.05, 0.1) is 30.7 Å². The Bertz CT molecular complexity index is 1040. The van der Waals surface area contributed by atoms with Gasteiger partial charge >= 0.3 is 0 Å². The Labute approximate surface area is 173 Å². The van der Waals surface area contributed by atoms with Gasteiger partial charge in [-0.25, -0.2) is 4.39 Å². The first kappa shape index (κ1) is 19.0. The highest BCUT2D eigenvalue weighted by atomic mass is 19.1. The lowest BCUT2D eigenvalue weighted by atomic mass is 9.76. The zero-order valence-corrected chi connectivity index (χ0v) is 16.8. The van der Waals surface area contributed by atoms with E-state index in [0.29, 0.717) is 30.8 Å². The molecule has 3 aliphatic rings. The zero-order chi connectivity index (χ0) is 21.0. The summed E-state index contributed by atoms with van der Waals surface area (Å²) in [5, 5.41) is 6.69. The molecule has 1 aromatic heterocycles. The van der Waals surface area contributed by atoms with Gasteiger partial charge < -0.3 is 14.5 Å². The van der Waals surface area contributed by atoms with E-state index in [0.717, 1.165) is 5.56 Å². The van der Waals surface area contributed by atoms with E-state index in [1.54, 1.807) is 42.2 Å². The van der Waals surface area contributed by atoms with Crippen molar-refractivity contribution in [3.05, 3.63) is 59.7 Å². The summed E-state index contributed by atoms with van der Waals surface area (Å²) in [6.07, 6.45) is 7.66. The molecule has 0 saturated carbocycles. The fraction of sp³-hybridized carbons (Fsp3) is 0.409. The Morgan fingerprint density at radius 2 is 2.30 bits per heavy atom. The highest BCUT2D eigenvalue weighted by Crippen LogP contribution is 2.53. The Hall–Kier alpha value is -3.00. The Balaban J connectivity index is 1.39. The van der Waals surface area contributed by atoms with Crippen molar-refractivity contribution in [3.8, 4) is 0 Å². The van der Waals surface area contributed by atoms with Gasteiger partial charge in [0.2, 0.25) is 11.8 Å². The summed E-state index contributed by atoms with van der Waals surface area (Å²) in [5.74, 6) is -1.70. The number of carbonyl (C=O) groups excluding carboxylic acids is 2. The zero-order valence-electron chi connectivity index (χ0n) is 16.8. The molecule has 1 aromatic carbocycles. The molecule has 1 spiro atoms. The minimum atomic E-state index is -0.797. The molecule has 0 aliphatic carbocycles. The lowest BCUT2D eigenvalue weighted by Crippen LogP contribution is -2.45. The SMILES string of the molecule is Cc1cc(F)ccc1N1C[C@]23C=C[C@H](O2)[C@H](C(=O)N(C)CCc2cn[nH]c2)[C@@H]3C1=O. The number of H-pyrrole nitrogens is 1. The third kappa shape index (κ3) is 2.78. The van der Waals surface area contributed by atoms with Gasteiger partial charge in [-0.2, -0.15) is 5.10 Å². The van der Waals surface area contributed by atoms with Crippen LogP contribution >= 0.6 is 0 Å². The van der Waals surface area contributed by atoms with Crippen LogP contribution < -0.4 is 4.90 Å². The van der Waals surface area contributed by atoms with Crippen LogP contribution in [0.2, 0.25) is 0 Å². The van der Waals surface area contributed by atoms with Crippen LogP contribution in [0.15, 0.2) is 42.7 Å². The number of ether oxygens (including phenoxy) is 1. The number of aromatic nitrogens is 2. The molecule has 3 aliphatic heterocycles. The van der Waals surface area contributed by atoms with Gasteiger partial charge in [0, 0.05) is 25.5 Å². The third-order valence-electron chi connectivity index (χ3n) is 6.50. The van der Waals surface area contributed by atoms with Crippen molar-refractivity contribution in [2.24, 2.45) is 11.8 Å². The maximum Gasteiger partial charge on any atom is 0.234 e. The van der Waals surface area contributed by atoms with E-state index in [4.69, 9.17) is 4.74 Å². The van der Waals surface area contributed by atoms with E-state index >= 15 is 0 Å². The normalized spacial score (nSPS) is 29.0. The number of benzene rings is 1. The van der Waals surface area contributed by atoms with Crippen LogP contribution in [0.25, 0.3) is 0 Å². The number of halogens is 1. The summed E-state index contributed by atoms with van der Waals surface area (Å²) in [5.41, 5.74) is 1.56. The second kappa shape index (κ2) is 6.77. The number of hydrogen-bond donors (Lipinski definition) is 1. The number of nitrogens with one attached hydrogen (secondary N) is 1. The first-order chi connectivity index (χ1) is 14.4. The summed E-state index contributed by atoms with van der Waals surface area (Å²) < 4.78 is 19.7. The molecule has 0 unspecified atom stereocenters. The molecule has 2 bridgehead atoms. The fourth-order valence-corrected chi connectivity index (χ4v) is 4.98. The van der Waals surface area contributed by atoms with E-state index in [9.17, 15) is 14.0 Å². The number of aromatic amines is 1. The largest absolute Gasteiger partial charge is 0.360 e. The van der Waals surface area contributed by atoms with Crippen molar-refractivity contribution < 1.29 is 18.7 Å². The molecule has 2 aromatic rings. The quantitative estimate of drug-likeness (QED) is 0.763. The molecule has 0 radical (unpaired) electrons. The maximum atomic E-state index is 13.5. The van der Waals surface area contributed by atoms with Crippen molar-refractivity contribution >= 4 is 17.5 Å². The van der Waals surface area contributed by atoms with Crippen LogP contribution in [-0.4, -0.2) is 58.8 Å². The predicted octanol–water partition coefficient (Wildman–Crippen LogP) is 1.84. The number of hydrogen-bond acceptors (Lipinski definition) is 4. The van der Waals surface area contributed by atoms with Crippen molar-refractivity contribution in [3.63, 3.8) is 0 Å². The van der Waals surface area contributed by atoms with Gasteiger partial charge in [0.1, 0.15) is 11.4 Å². The van der Waals surface area contributed by atoms with E-state index in [1.165, 1.54) is 12.1 Å². The van der Waals surface area contributed by atoms with Crippen LogP contribution in [0.4, 0.5) is 10.1 Å². The molecule has 5 rings (SSSR count). The van der Waals surface area contributed by atoms with Gasteiger partial charge in [-0.05, 0) is 42.7 Å². The van der Waals surface area contributed by atoms with E-state index in [2.05, 4.69) is 10.2 Å². The Morgan fingerprint density at radius 3 is 3.03 bits per heavy atom. The molecule has 1 N–H and O–H groups in total. The summed E-state index contributed by atoms with van der Waals surface area (Å²) in [7, 11) is 1.76. The van der Waals surface area contributed by atoms with Crippen LogP contribution in [0.5, 0.6) is 0 Å².